The molecule has 6 heteroatoms. The maximum atomic E-state index is 12.1. The van der Waals surface area contributed by atoms with Gasteiger partial charge < -0.3 is 14.6 Å². The van der Waals surface area contributed by atoms with Crippen molar-refractivity contribution in [3.05, 3.63) is 65.4 Å². The Hall–Kier alpha value is -3.15. The van der Waals surface area contributed by atoms with Gasteiger partial charge in [-0.1, -0.05) is 54.0 Å². The van der Waals surface area contributed by atoms with Gasteiger partial charge in [-0.15, -0.1) is 0 Å². The number of nitrogens with one attached hydrogen (secondary N) is 1. The summed E-state index contributed by atoms with van der Waals surface area (Å²) in [6, 6.07) is 15.2. The van der Waals surface area contributed by atoms with E-state index < -0.39 is 5.97 Å². The minimum atomic E-state index is -0.521. The summed E-state index contributed by atoms with van der Waals surface area (Å²) in [5.41, 5.74) is 3.30. The topological polar surface area (TPSA) is 81.4 Å². The van der Waals surface area contributed by atoms with Gasteiger partial charge in [-0.3, -0.25) is 9.59 Å². The van der Waals surface area contributed by atoms with Crippen molar-refractivity contribution >= 4 is 22.8 Å². The first-order valence-electron chi connectivity index (χ1n) is 8.91. The quantitative estimate of drug-likeness (QED) is 0.647. The monoisotopic (exact) mass is 366 g/mol. The Morgan fingerprint density at radius 3 is 2.63 bits per heavy atom. The molecule has 1 N–H and O–H groups in total. The van der Waals surface area contributed by atoms with E-state index in [1.165, 1.54) is 0 Å². The Labute approximate surface area is 157 Å². The lowest BCUT2D eigenvalue weighted by molar-refractivity contribution is -0.148. The number of hydrogen-bond acceptors (Lipinski definition) is 5. The van der Waals surface area contributed by atoms with Gasteiger partial charge in [0.25, 0.3) is 5.91 Å². The summed E-state index contributed by atoms with van der Waals surface area (Å²) in [5.74, 6) is -0.853. The van der Waals surface area contributed by atoms with E-state index in [4.69, 9.17) is 9.26 Å². The van der Waals surface area contributed by atoms with Crippen LogP contribution in [0.3, 0.4) is 0 Å². The number of esters is 1. The molecule has 0 aliphatic carbocycles. The van der Waals surface area contributed by atoms with Gasteiger partial charge in [-0.05, 0) is 31.0 Å². The summed E-state index contributed by atoms with van der Waals surface area (Å²) >= 11 is 0. The number of carbonyl (C=O) groups is 2. The predicted molar refractivity (Wildman–Crippen MR) is 101 cm³/mol. The van der Waals surface area contributed by atoms with Crippen LogP contribution in [-0.2, 0) is 20.7 Å². The number of rotatable bonds is 7. The molecule has 1 heterocycles. The van der Waals surface area contributed by atoms with Crippen molar-refractivity contribution in [1.82, 2.24) is 10.5 Å². The summed E-state index contributed by atoms with van der Waals surface area (Å²) in [7, 11) is 0. The summed E-state index contributed by atoms with van der Waals surface area (Å²) in [5, 5.41) is 7.56. The van der Waals surface area contributed by atoms with E-state index in [9.17, 15) is 9.59 Å². The van der Waals surface area contributed by atoms with E-state index in [-0.39, 0.29) is 25.0 Å². The van der Waals surface area contributed by atoms with E-state index in [0.717, 1.165) is 22.9 Å². The molecule has 6 nitrogen and oxygen atoms in total. The molecule has 3 rings (SSSR count). The smallest absolute Gasteiger partial charge is 0.312 e. The molecule has 1 atom stereocenters. The first-order valence-corrected chi connectivity index (χ1v) is 8.91. The molecule has 0 saturated heterocycles. The number of aryl methyl sites for hydroxylation is 1. The Morgan fingerprint density at radius 1 is 1.15 bits per heavy atom. The number of carbonyl (C=O) groups excluding carboxylic acids is 2. The van der Waals surface area contributed by atoms with Crippen LogP contribution in [0, 0.1) is 6.92 Å². The molecule has 1 amide bonds. The van der Waals surface area contributed by atoms with Gasteiger partial charge in [-0.2, -0.15) is 0 Å². The fourth-order valence-corrected chi connectivity index (χ4v) is 2.86. The normalized spacial score (nSPS) is 11.9. The molecule has 0 radical (unpaired) electrons. The highest BCUT2D eigenvalue weighted by atomic mass is 16.5. The Kier molecular flexibility index (Phi) is 5.86. The van der Waals surface area contributed by atoms with Crippen LogP contribution < -0.4 is 5.32 Å². The molecular formula is C21H22N2O4. The second kappa shape index (κ2) is 8.49. The van der Waals surface area contributed by atoms with Crippen LogP contribution in [0.4, 0.5) is 0 Å². The van der Waals surface area contributed by atoms with Crippen LogP contribution in [0.15, 0.2) is 53.1 Å². The van der Waals surface area contributed by atoms with Crippen LogP contribution in [0.1, 0.15) is 36.2 Å². The van der Waals surface area contributed by atoms with Crippen molar-refractivity contribution in [3.63, 3.8) is 0 Å². The third-order valence-corrected chi connectivity index (χ3v) is 4.35. The van der Waals surface area contributed by atoms with Gasteiger partial charge in [-0.25, -0.2) is 0 Å². The van der Waals surface area contributed by atoms with Gasteiger partial charge in [0.1, 0.15) is 5.69 Å². The highest BCUT2D eigenvalue weighted by Crippen LogP contribution is 2.19. The molecule has 140 valence electrons. The van der Waals surface area contributed by atoms with Crippen LogP contribution >= 0.6 is 0 Å². The number of hydrogen-bond donors (Lipinski definition) is 1. The first kappa shape index (κ1) is 18.6. The average Bonchev–Trinajstić information content (AvgIpc) is 3.08. The molecule has 0 bridgehead atoms. The molecule has 0 aliphatic heterocycles. The fraction of sp³-hybridized carbons (Fsp3) is 0.286. The minimum Gasteiger partial charge on any atom is -0.455 e. The Bertz CT molecular complexity index is 931. The average molecular weight is 366 g/mol. The lowest BCUT2D eigenvalue weighted by Crippen LogP contribution is -2.32. The summed E-state index contributed by atoms with van der Waals surface area (Å²) < 4.78 is 10.3. The molecule has 27 heavy (non-hydrogen) atoms. The lowest BCUT2D eigenvalue weighted by atomic mass is 10.0. The lowest BCUT2D eigenvalue weighted by Gasteiger charge is -2.17. The number of fused-ring (bicyclic) bond motifs is 1. The number of amides is 1. The van der Waals surface area contributed by atoms with Crippen LogP contribution in [0.5, 0.6) is 0 Å². The number of ether oxygens (including phenoxy) is 1. The van der Waals surface area contributed by atoms with Crippen molar-refractivity contribution < 1.29 is 18.8 Å². The molecule has 0 saturated carbocycles. The number of aromatic nitrogens is 1. The molecule has 0 fully saturated rings. The standard InChI is InChI=1S/C21H22N2O4/c1-3-17(15-10-8-14(2)9-11-15)22-20(24)13-26-21(25)12-18-16-6-4-5-7-19(16)27-23-18/h4-11,17H,3,12-13H2,1-2H3,(H,22,24)/t17-/m0/s1. The predicted octanol–water partition coefficient (Wildman–Crippen LogP) is 3.49. The molecule has 2 aromatic carbocycles. The van der Waals surface area contributed by atoms with Crippen molar-refractivity contribution in [2.75, 3.05) is 6.61 Å². The van der Waals surface area contributed by atoms with Crippen molar-refractivity contribution in [1.29, 1.82) is 0 Å². The largest absolute Gasteiger partial charge is 0.455 e. The van der Waals surface area contributed by atoms with Gasteiger partial charge in [0, 0.05) is 5.39 Å². The van der Waals surface area contributed by atoms with Gasteiger partial charge in [0.15, 0.2) is 12.2 Å². The van der Waals surface area contributed by atoms with E-state index in [0.29, 0.717) is 11.3 Å². The first-order chi connectivity index (χ1) is 13.1. The second-order valence-electron chi connectivity index (χ2n) is 6.40. The van der Waals surface area contributed by atoms with E-state index >= 15 is 0 Å². The zero-order valence-electron chi connectivity index (χ0n) is 15.4. The summed E-state index contributed by atoms with van der Waals surface area (Å²) in [4.78, 5) is 24.2. The number of nitrogens with zero attached hydrogens (tertiary/aromatic N) is 1. The summed E-state index contributed by atoms with van der Waals surface area (Å²) in [6.45, 7) is 3.68. The van der Waals surface area contributed by atoms with Crippen molar-refractivity contribution in [2.24, 2.45) is 0 Å². The van der Waals surface area contributed by atoms with Gasteiger partial charge >= 0.3 is 5.97 Å². The van der Waals surface area contributed by atoms with Crippen LogP contribution in [0.25, 0.3) is 11.0 Å². The zero-order chi connectivity index (χ0) is 19.2. The third kappa shape index (κ3) is 4.73. The SMILES string of the molecule is CC[C@H](NC(=O)COC(=O)Cc1noc2ccccc12)c1ccc(C)cc1. The Balaban J connectivity index is 1.52. The molecule has 0 spiro atoms. The fourth-order valence-electron chi connectivity index (χ4n) is 2.86. The van der Waals surface area contributed by atoms with E-state index in [1.54, 1.807) is 6.07 Å². The van der Waals surface area contributed by atoms with E-state index in [2.05, 4.69) is 10.5 Å². The number of benzene rings is 2. The number of para-hydroxylation sites is 1. The maximum Gasteiger partial charge on any atom is 0.312 e. The van der Waals surface area contributed by atoms with E-state index in [1.807, 2.05) is 56.3 Å². The molecule has 1 aromatic heterocycles. The van der Waals surface area contributed by atoms with Gasteiger partial charge in [0.05, 0.1) is 12.5 Å². The van der Waals surface area contributed by atoms with Crippen molar-refractivity contribution in [2.45, 2.75) is 32.7 Å². The molecule has 0 unspecified atom stereocenters. The molecule has 3 aromatic rings. The second-order valence-corrected chi connectivity index (χ2v) is 6.40. The highest BCUT2D eigenvalue weighted by molar-refractivity contribution is 5.85. The van der Waals surface area contributed by atoms with Gasteiger partial charge in [0.2, 0.25) is 0 Å². The summed E-state index contributed by atoms with van der Waals surface area (Å²) in [6.07, 6.45) is 0.702. The van der Waals surface area contributed by atoms with Crippen LogP contribution in [0.2, 0.25) is 0 Å². The minimum absolute atomic E-state index is 0.0422. The molecular weight excluding hydrogens is 344 g/mol. The van der Waals surface area contributed by atoms with Crippen molar-refractivity contribution in [3.8, 4) is 0 Å². The third-order valence-electron chi connectivity index (χ3n) is 4.35. The van der Waals surface area contributed by atoms with Crippen LogP contribution in [-0.4, -0.2) is 23.6 Å². The Morgan fingerprint density at radius 2 is 1.89 bits per heavy atom. The molecule has 0 aliphatic rings. The highest BCUT2D eigenvalue weighted by Gasteiger charge is 2.16. The zero-order valence-corrected chi connectivity index (χ0v) is 15.4. The maximum absolute atomic E-state index is 12.1.